The van der Waals surface area contributed by atoms with Gasteiger partial charge in [0.25, 0.3) is 0 Å². The summed E-state index contributed by atoms with van der Waals surface area (Å²) in [6.07, 6.45) is 2.73. The van der Waals surface area contributed by atoms with Crippen LogP contribution in [0.15, 0.2) is 47.6 Å². The Bertz CT molecular complexity index is 846. The number of hydrogen-bond donors (Lipinski definition) is 1. The monoisotopic (exact) mass is 348 g/mol. The molecule has 2 aromatic rings. The topological polar surface area (TPSA) is 71.6 Å². The van der Waals surface area contributed by atoms with E-state index in [1.54, 1.807) is 6.20 Å². The van der Waals surface area contributed by atoms with Gasteiger partial charge in [-0.2, -0.15) is 0 Å². The van der Waals surface area contributed by atoms with Crippen molar-refractivity contribution in [3.8, 4) is 0 Å². The summed E-state index contributed by atoms with van der Waals surface area (Å²) >= 11 is 0. The molecule has 134 valence electrons. The van der Waals surface area contributed by atoms with Gasteiger partial charge >= 0.3 is 0 Å². The lowest BCUT2D eigenvalue weighted by atomic mass is 9.85. The van der Waals surface area contributed by atoms with Crippen LogP contribution in [0, 0.1) is 5.92 Å². The van der Waals surface area contributed by atoms with Crippen LogP contribution in [0.2, 0.25) is 0 Å². The van der Waals surface area contributed by atoms with Crippen molar-refractivity contribution >= 4 is 11.6 Å². The number of Topliss-reactive ketones (excluding diaryl/α,β-unsaturated/α-hetero) is 1. The van der Waals surface area contributed by atoms with Crippen molar-refractivity contribution in [2.24, 2.45) is 16.6 Å². The fourth-order valence-corrected chi connectivity index (χ4v) is 4.20. The van der Waals surface area contributed by atoms with Gasteiger partial charge in [0.2, 0.25) is 0 Å². The van der Waals surface area contributed by atoms with Crippen molar-refractivity contribution in [1.82, 2.24) is 9.88 Å². The Morgan fingerprint density at radius 2 is 2.08 bits per heavy atom. The second-order valence-corrected chi connectivity index (χ2v) is 7.45. The van der Waals surface area contributed by atoms with E-state index in [2.05, 4.69) is 46.2 Å². The highest BCUT2D eigenvalue weighted by atomic mass is 16.1. The van der Waals surface area contributed by atoms with E-state index in [9.17, 15) is 4.79 Å². The van der Waals surface area contributed by atoms with Gasteiger partial charge in [0.15, 0.2) is 0 Å². The minimum atomic E-state index is 0.255. The van der Waals surface area contributed by atoms with Crippen molar-refractivity contribution in [3.05, 3.63) is 65.0 Å². The molecular formula is C21H24N4O. The fourth-order valence-electron chi connectivity index (χ4n) is 4.20. The maximum Gasteiger partial charge on any atom is 0.139 e. The maximum absolute atomic E-state index is 12.7. The van der Waals surface area contributed by atoms with Gasteiger partial charge in [0, 0.05) is 49.3 Å². The Labute approximate surface area is 154 Å². The van der Waals surface area contributed by atoms with E-state index < -0.39 is 0 Å². The molecule has 2 aliphatic heterocycles. The Morgan fingerprint density at radius 3 is 2.88 bits per heavy atom. The zero-order chi connectivity index (χ0) is 18.1. The van der Waals surface area contributed by atoms with Crippen molar-refractivity contribution < 1.29 is 4.79 Å². The van der Waals surface area contributed by atoms with Gasteiger partial charge in [-0.25, -0.2) is 0 Å². The van der Waals surface area contributed by atoms with Crippen molar-refractivity contribution in [1.29, 1.82) is 0 Å². The van der Waals surface area contributed by atoms with E-state index in [1.165, 1.54) is 5.56 Å². The number of aliphatic imine (C=N–C) groups is 1. The molecule has 1 saturated heterocycles. The molecular weight excluding hydrogens is 324 g/mol. The molecule has 2 atom stereocenters. The number of carbonyl (C=O) groups excluding carboxylic acids is 1. The summed E-state index contributed by atoms with van der Waals surface area (Å²) in [4.78, 5) is 23.7. The predicted molar refractivity (Wildman–Crippen MR) is 102 cm³/mol. The lowest BCUT2D eigenvalue weighted by Gasteiger charge is -2.18. The first-order chi connectivity index (χ1) is 12.6. The molecule has 1 fully saturated rings. The highest BCUT2D eigenvalue weighted by molar-refractivity contribution is 6.00. The SMILES string of the molecule is CN1C[C@@H](CC(=O)Cc2cc3c(cn2)C(N)=NC3)[C@H](c2ccccc2)C1. The number of likely N-dealkylation sites (tertiary alicyclic amines) is 1. The summed E-state index contributed by atoms with van der Waals surface area (Å²) < 4.78 is 0. The second kappa shape index (κ2) is 7.00. The molecule has 0 unspecified atom stereocenters. The van der Waals surface area contributed by atoms with Crippen molar-refractivity contribution in [2.75, 3.05) is 20.1 Å². The highest BCUT2D eigenvalue weighted by Gasteiger charge is 2.33. The molecule has 26 heavy (non-hydrogen) atoms. The molecule has 0 saturated carbocycles. The molecule has 1 aromatic carbocycles. The minimum Gasteiger partial charge on any atom is -0.383 e. The smallest absolute Gasteiger partial charge is 0.139 e. The van der Waals surface area contributed by atoms with E-state index in [4.69, 9.17) is 5.73 Å². The molecule has 3 heterocycles. The summed E-state index contributed by atoms with van der Waals surface area (Å²) in [5.74, 6) is 1.59. The molecule has 4 rings (SSSR count). The van der Waals surface area contributed by atoms with Crippen LogP contribution in [0.4, 0.5) is 0 Å². The molecule has 0 bridgehead atoms. The van der Waals surface area contributed by atoms with E-state index in [-0.39, 0.29) is 5.78 Å². The average molecular weight is 348 g/mol. The Hall–Kier alpha value is -2.53. The third-order valence-electron chi connectivity index (χ3n) is 5.46. The summed E-state index contributed by atoms with van der Waals surface area (Å²) in [5.41, 5.74) is 9.96. The summed E-state index contributed by atoms with van der Waals surface area (Å²) in [5, 5.41) is 0. The van der Waals surface area contributed by atoms with Crippen LogP contribution in [0.5, 0.6) is 0 Å². The fraction of sp³-hybridized carbons (Fsp3) is 0.381. The summed E-state index contributed by atoms with van der Waals surface area (Å²) in [6, 6.07) is 12.5. The molecule has 2 aliphatic rings. The number of aromatic nitrogens is 1. The number of rotatable bonds is 5. The van der Waals surface area contributed by atoms with Crippen LogP contribution < -0.4 is 5.73 Å². The van der Waals surface area contributed by atoms with E-state index in [1.807, 2.05) is 12.1 Å². The third kappa shape index (κ3) is 3.40. The third-order valence-corrected chi connectivity index (χ3v) is 5.46. The van der Waals surface area contributed by atoms with Gasteiger partial charge < -0.3 is 10.6 Å². The number of hydrogen-bond acceptors (Lipinski definition) is 5. The zero-order valence-corrected chi connectivity index (χ0v) is 15.1. The number of likely N-dealkylation sites (N-methyl/N-ethyl adjacent to an activating group) is 1. The first-order valence-electron chi connectivity index (χ1n) is 9.13. The maximum atomic E-state index is 12.7. The molecule has 5 nitrogen and oxygen atoms in total. The Kier molecular flexibility index (Phi) is 4.55. The minimum absolute atomic E-state index is 0.255. The molecule has 0 spiro atoms. The molecule has 2 N–H and O–H groups in total. The number of nitrogens with zero attached hydrogens (tertiary/aromatic N) is 3. The van der Waals surface area contributed by atoms with Gasteiger partial charge in [0.1, 0.15) is 11.6 Å². The first-order valence-corrected chi connectivity index (χ1v) is 9.13. The number of fused-ring (bicyclic) bond motifs is 1. The van der Waals surface area contributed by atoms with Crippen LogP contribution in [0.3, 0.4) is 0 Å². The average Bonchev–Trinajstić information content (AvgIpc) is 3.18. The van der Waals surface area contributed by atoms with Crippen LogP contribution in [-0.4, -0.2) is 41.6 Å². The number of nitrogens with two attached hydrogens (primary N) is 1. The number of pyridine rings is 1. The number of amidine groups is 1. The highest BCUT2D eigenvalue weighted by Crippen LogP contribution is 2.34. The largest absolute Gasteiger partial charge is 0.383 e. The van der Waals surface area contributed by atoms with Crippen LogP contribution in [0.25, 0.3) is 0 Å². The molecule has 0 radical (unpaired) electrons. The molecule has 0 amide bonds. The van der Waals surface area contributed by atoms with Gasteiger partial charge in [0.05, 0.1) is 6.54 Å². The molecule has 1 aromatic heterocycles. The second-order valence-electron chi connectivity index (χ2n) is 7.45. The van der Waals surface area contributed by atoms with Crippen molar-refractivity contribution in [2.45, 2.75) is 25.3 Å². The quantitative estimate of drug-likeness (QED) is 0.899. The zero-order valence-electron chi connectivity index (χ0n) is 15.1. The van der Waals surface area contributed by atoms with Crippen LogP contribution >= 0.6 is 0 Å². The van der Waals surface area contributed by atoms with E-state index in [0.29, 0.717) is 37.1 Å². The van der Waals surface area contributed by atoms with E-state index >= 15 is 0 Å². The number of benzene rings is 1. The van der Waals surface area contributed by atoms with Crippen molar-refractivity contribution in [3.63, 3.8) is 0 Å². The lowest BCUT2D eigenvalue weighted by molar-refractivity contribution is -0.119. The van der Waals surface area contributed by atoms with Crippen LogP contribution in [0.1, 0.15) is 34.7 Å². The normalized spacial score (nSPS) is 22.3. The Morgan fingerprint density at radius 1 is 1.27 bits per heavy atom. The lowest BCUT2D eigenvalue weighted by Crippen LogP contribution is -2.18. The van der Waals surface area contributed by atoms with Gasteiger partial charge in [-0.1, -0.05) is 30.3 Å². The Balaban J connectivity index is 1.43. The van der Waals surface area contributed by atoms with Gasteiger partial charge in [-0.15, -0.1) is 0 Å². The molecule has 5 heteroatoms. The number of carbonyl (C=O) groups is 1. The van der Waals surface area contributed by atoms with Gasteiger partial charge in [-0.3, -0.25) is 14.8 Å². The summed E-state index contributed by atoms with van der Waals surface area (Å²) in [7, 11) is 2.13. The predicted octanol–water partition coefficient (Wildman–Crippen LogP) is 2.15. The van der Waals surface area contributed by atoms with E-state index in [0.717, 1.165) is 29.9 Å². The standard InChI is InChI=1S/C21H24N4O/c1-25-12-16(20(13-25)14-5-3-2-4-6-14)8-18(26)9-17-7-15-10-24-21(22)19(15)11-23-17/h2-7,11,16,20H,8-10,12-13H2,1H3,(H2,22,24)/t16-,20+/m1/s1. The summed E-state index contributed by atoms with van der Waals surface area (Å²) in [6.45, 7) is 2.57. The first kappa shape index (κ1) is 16.9. The molecule has 0 aliphatic carbocycles. The van der Waals surface area contributed by atoms with Crippen LogP contribution in [-0.2, 0) is 17.8 Å². The number of ketones is 1. The van der Waals surface area contributed by atoms with Gasteiger partial charge in [-0.05, 0) is 30.2 Å².